The van der Waals surface area contributed by atoms with Gasteiger partial charge in [-0.15, -0.1) is 0 Å². The second-order valence-corrected chi connectivity index (χ2v) is 5.02. The van der Waals surface area contributed by atoms with Crippen LogP contribution in [0.1, 0.15) is 28.4 Å². The molecule has 2 rings (SSSR count). The third kappa shape index (κ3) is 2.71. The maximum atomic E-state index is 11.7. The second-order valence-electron chi connectivity index (χ2n) is 4.27. The molecule has 0 radical (unpaired) electrons. The molecule has 19 heavy (non-hydrogen) atoms. The number of ether oxygens (including phenoxy) is 1. The first kappa shape index (κ1) is 13.8. The van der Waals surface area contributed by atoms with Gasteiger partial charge in [-0.1, -0.05) is 17.7 Å². The molecule has 0 aliphatic rings. The number of esters is 1. The van der Waals surface area contributed by atoms with Crippen LogP contribution >= 0.6 is 15.9 Å². The van der Waals surface area contributed by atoms with Crippen molar-refractivity contribution >= 4 is 21.9 Å². The van der Waals surface area contributed by atoms with Crippen molar-refractivity contribution in [2.45, 2.75) is 20.8 Å². The molecule has 0 bridgehead atoms. The number of benzene rings is 1. The van der Waals surface area contributed by atoms with Gasteiger partial charge in [0.1, 0.15) is 10.2 Å². The predicted molar refractivity (Wildman–Crippen MR) is 76.7 cm³/mol. The highest BCUT2D eigenvalue weighted by Crippen LogP contribution is 2.24. The van der Waals surface area contributed by atoms with Gasteiger partial charge in [0.2, 0.25) is 0 Å². The maximum absolute atomic E-state index is 11.7. The van der Waals surface area contributed by atoms with E-state index < -0.39 is 0 Å². The third-order valence-electron chi connectivity index (χ3n) is 2.79. The van der Waals surface area contributed by atoms with Gasteiger partial charge in [-0.05, 0) is 48.3 Å². The van der Waals surface area contributed by atoms with Crippen molar-refractivity contribution in [3.8, 4) is 5.69 Å². The highest BCUT2D eigenvalue weighted by atomic mass is 79.9. The molecule has 0 amide bonds. The van der Waals surface area contributed by atoms with Crippen molar-refractivity contribution in [3.05, 3.63) is 45.7 Å². The van der Waals surface area contributed by atoms with Gasteiger partial charge in [0, 0.05) is 0 Å². The van der Waals surface area contributed by atoms with Crippen LogP contribution in [0, 0.1) is 13.8 Å². The van der Waals surface area contributed by atoms with Crippen LogP contribution in [-0.4, -0.2) is 22.4 Å². The number of rotatable bonds is 3. The summed E-state index contributed by atoms with van der Waals surface area (Å²) in [7, 11) is 0. The first-order chi connectivity index (χ1) is 9.04. The standard InChI is InChI=1S/C14H15BrN2O2/c1-4-19-14(18)11-8-16-17(13(11)15)12-6-5-9(2)7-10(12)3/h5-8H,4H2,1-3H3. The van der Waals surface area contributed by atoms with Crippen molar-refractivity contribution < 1.29 is 9.53 Å². The lowest BCUT2D eigenvalue weighted by Crippen LogP contribution is -2.05. The van der Waals surface area contributed by atoms with E-state index in [-0.39, 0.29) is 5.97 Å². The monoisotopic (exact) mass is 322 g/mol. The van der Waals surface area contributed by atoms with E-state index in [1.807, 2.05) is 26.0 Å². The summed E-state index contributed by atoms with van der Waals surface area (Å²) in [5.41, 5.74) is 3.66. The van der Waals surface area contributed by atoms with Crippen LogP contribution in [0.4, 0.5) is 0 Å². The van der Waals surface area contributed by atoms with Crippen molar-refractivity contribution in [1.82, 2.24) is 9.78 Å². The number of carbonyl (C=O) groups is 1. The first-order valence-corrected chi connectivity index (χ1v) is 6.82. The summed E-state index contributed by atoms with van der Waals surface area (Å²) in [6.45, 7) is 6.18. The number of hydrogen-bond donors (Lipinski definition) is 0. The van der Waals surface area contributed by atoms with Crippen LogP contribution in [0.15, 0.2) is 29.0 Å². The molecule has 1 aromatic heterocycles. The summed E-state index contributed by atoms with van der Waals surface area (Å²) in [5, 5.41) is 4.25. The topological polar surface area (TPSA) is 44.1 Å². The highest BCUT2D eigenvalue weighted by molar-refractivity contribution is 9.10. The number of carbonyl (C=O) groups excluding carboxylic acids is 1. The first-order valence-electron chi connectivity index (χ1n) is 6.03. The Labute approximate surface area is 120 Å². The maximum Gasteiger partial charge on any atom is 0.342 e. The Morgan fingerprint density at radius 2 is 2.16 bits per heavy atom. The van der Waals surface area contributed by atoms with Crippen LogP contribution < -0.4 is 0 Å². The Kier molecular flexibility index (Phi) is 4.04. The second kappa shape index (κ2) is 5.57. The Morgan fingerprint density at radius 1 is 1.42 bits per heavy atom. The van der Waals surface area contributed by atoms with E-state index in [1.165, 1.54) is 11.8 Å². The van der Waals surface area contributed by atoms with E-state index in [0.717, 1.165) is 11.3 Å². The van der Waals surface area contributed by atoms with Crippen molar-refractivity contribution in [2.24, 2.45) is 0 Å². The van der Waals surface area contributed by atoms with E-state index in [1.54, 1.807) is 11.6 Å². The van der Waals surface area contributed by atoms with Crippen LogP contribution in [0.2, 0.25) is 0 Å². The Bertz CT molecular complexity index is 620. The van der Waals surface area contributed by atoms with E-state index in [0.29, 0.717) is 16.8 Å². The SMILES string of the molecule is CCOC(=O)c1cnn(-c2ccc(C)cc2C)c1Br. The molecule has 0 saturated carbocycles. The van der Waals surface area contributed by atoms with E-state index >= 15 is 0 Å². The molecule has 0 unspecified atom stereocenters. The fourth-order valence-electron chi connectivity index (χ4n) is 1.89. The summed E-state index contributed by atoms with van der Waals surface area (Å²) in [6.07, 6.45) is 1.52. The zero-order valence-corrected chi connectivity index (χ0v) is 12.7. The average molecular weight is 323 g/mol. The molecule has 0 N–H and O–H groups in total. The zero-order chi connectivity index (χ0) is 14.0. The summed E-state index contributed by atoms with van der Waals surface area (Å²) < 4.78 is 7.29. The van der Waals surface area contributed by atoms with Crippen LogP contribution in [-0.2, 0) is 4.74 Å². The van der Waals surface area contributed by atoms with Crippen molar-refractivity contribution in [2.75, 3.05) is 6.61 Å². The smallest absolute Gasteiger partial charge is 0.342 e. The zero-order valence-electron chi connectivity index (χ0n) is 11.1. The van der Waals surface area contributed by atoms with Crippen molar-refractivity contribution in [1.29, 1.82) is 0 Å². The fraction of sp³-hybridized carbons (Fsp3) is 0.286. The molecule has 0 aliphatic heterocycles. The lowest BCUT2D eigenvalue weighted by atomic mass is 10.1. The Morgan fingerprint density at radius 3 is 2.79 bits per heavy atom. The van der Waals surface area contributed by atoms with E-state index in [9.17, 15) is 4.79 Å². The molecule has 0 atom stereocenters. The summed E-state index contributed by atoms with van der Waals surface area (Å²) >= 11 is 3.41. The highest BCUT2D eigenvalue weighted by Gasteiger charge is 2.18. The lowest BCUT2D eigenvalue weighted by molar-refractivity contribution is 0.0525. The Hall–Kier alpha value is -1.62. The molecule has 2 aromatic rings. The average Bonchev–Trinajstić information content (AvgIpc) is 2.72. The van der Waals surface area contributed by atoms with Gasteiger partial charge in [0.25, 0.3) is 0 Å². The summed E-state index contributed by atoms with van der Waals surface area (Å²) in [4.78, 5) is 11.7. The largest absolute Gasteiger partial charge is 0.462 e. The van der Waals surface area contributed by atoms with Gasteiger partial charge in [0.05, 0.1) is 18.5 Å². The molecular formula is C14H15BrN2O2. The van der Waals surface area contributed by atoms with Crippen LogP contribution in [0.3, 0.4) is 0 Å². The minimum atomic E-state index is -0.370. The number of hydrogen-bond acceptors (Lipinski definition) is 3. The van der Waals surface area contributed by atoms with Gasteiger partial charge in [-0.2, -0.15) is 5.10 Å². The van der Waals surface area contributed by atoms with Crippen LogP contribution in [0.5, 0.6) is 0 Å². The van der Waals surface area contributed by atoms with E-state index in [2.05, 4.69) is 27.1 Å². The minimum Gasteiger partial charge on any atom is -0.462 e. The van der Waals surface area contributed by atoms with Gasteiger partial charge >= 0.3 is 5.97 Å². The molecule has 0 aliphatic carbocycles. The molecule has 0 spiro atoms. The van der Waals surface area contributed by atoms with E-state index in [4.69, 9.17) is 4.74 Å². The normalized spacial score (nSPS) is 10.5. The molecule has 1 heterocycles. The minimum absolute atomic E-state index is 0.347. The quantitative estimate of drug-likeness (QED) is 0.813. The van der Waals surface area contributed by atoms with Crippen LogP contribution in [0.25, 0.3) is 5.69 Å². The fourth-order valence-corrected chi connectivity index (χ4v) is 2.44. The van der Waals surface area contributed by atoms with Gasteiger partial charge in [-0.25, -0.2) is 9.48 Å². The predicted octanol–water partition coefficient (Wildman–Crippen LogP) is 3.43. The molecule has 1 aromatic carbocycles. The molecule has 0 saturated heterocycles. The number of halogens is 1. The Balaban J connectivity index is 2.44. The summed E-state index contributed by atoms with van der Waals surface area (Å²) in [6, 6.07) is 6.07. The molecule has 4 nitrogen and oxygen atoms in total. The van der Waals surface area contributed by atoms with Gasteiger partial charge in [0.15, 0.2) is 0 Å². The van der Waals surface area contributed by atoms with Crippen molar-refractivity contribution in [3.63, 3.8) is 0 Å². The molecule has 0 fully saturated rings. The number of aryl methyl sites for hydroxylation is 2. The third-order valence-corrected chi connectivity index (χ3v) is 3.55. The van der Waals surface area contributed by atoms with Gasteiger partial charge < -0.3 is 4.74 Å². The number of aromatic nitrogens is 2. The summed E-state index contributed by atoms with van der Waals surface area (Å²) in [5.74, 6) is -0.370. The molecule has 100 valence electrons. The molecular weight excluding hydrogens is 308 g/mol. The molecule has 5 heteroatoms. The van der Waals surface area contributed by atoms with Gasteiger partial charge in [-0.3, -0.25) is 0 Å². The lowest BCUT2D eigenvalue weighted by Gasteiger charge is -2.08. The number of nitrogens with zero attached hydrogens (tertiary/aromatic N) is 2.